The second-order valence-corrected chi connectivity index (χ2v) is 10.4. The molecule has 0 atom stereocenters. The summed E-state index contributed by atoms with van der Waals surface area (Å²) >= 11 is 13.3. The Labute approximate surface area is 193 Å². The molecule has 164 valence electrons. The highest BCUT2D eigenvalue weighted by atomic mass is 35.5. The molecule has 0 bridgehead atoms. The highest BCUT2D eigenvalue weighted by Crippen LogP contribution is 2.33. The maximum absolute atomic E-state index is 13.4. The summed E-state index contributed by atoms with van der Waals surface area (Å²) in [6.07, 6.45) is 0. The molecule has 2 heterocycles. The van der Waals surface area contributed by atoms with Crippen molar-refractivity contribution in [2.45, 2.75) is 4.90 Å². The normalized spacial score (nSPS) is 15.3. The number of hydrogen-bond donors (Lipinski definition) is 0. The number of hydrogen-bond acceptors (Lipinski definition) is 6. The summed E-state index contributed by atoms with van der Waals surface area (Å²) in [5.41, 5.74) is 1.42. The van der Waals surface area contributed by atoms with Gasteiger partial charge >= 0.3 is 0 Å². The van der Waals surface area contributed by atoms with Gasteiger partial charge in [0, 0.05) is 42.1 Å². The number of methoxy groups -OCH3 is 1. The number of aromatic nitrogens is 1. The molecule has 0 unspecified atom stereocenters. The molecular weight excluding hydrogens is 484 g/mol. The maximum atomic E-state index is 13.4. The Balaban J connectivity index is 1.49. The fourth-order valence-electron chi connectivity index (χ4n) is 3.31. The minimum atomic E-state index is -3.75. The Morgan fingerprint density at radius 3 is 2.52 bits per heavy atom. The average molecular weight is 502 g/mol. The fourth-order valence-corrected chi connectivity index (χ4v) is 6.22. The Kier molecular flexibility index (Phi) is 6.41. The third kappa shape index (κ3) is 4.51. The summed E-state index contributed by atoms with van der Waals surface area (Å²) in [6, 6.07) is 9.02. The van der Waals surface area contributed by atoms with E-state index in [1.54, 1.807) is 24.3 Å². The fraction of sp³-hybridized carbons (Fsp3) is 0.250. The zero-order valence-electron chi connectivity index (χ0n) is 16.4. The summed E-state index contributed by atoms with van der Waals surface area (Å²) in [7, 11) is -2.32. The van der Waals surface area contributed by atoms with E-state index in [2.05, 4.69) is 4.98 Å². The predicted molar refractivity (Wildman–Crippen MR) is 121 cm³/mol. The van der Waals surface area contributed by atoms with Gasteiger partial charge in [0.25, 0.3) is 0 Å². The minimum absolute atomic E-state index is 0.0438. The van der Waals surface area contributed by atoms with E-state index < -0.39 is 15.8 Å². The summed E-state index contributed by atoms with van der Waals surface area (Å²) < 4.78 is 46.3. The highest BCUT2D eigenvalue weighted by Gasteiger charge is 2.31. The van der Waals surface area contributed by atoms with Crippen molar-refractivity contribution < 1.29 is 17.5 Å². The lowest BCUT2D eigenvalue weighted by molar-refractivity contribution is 0.374. The van der Waals surface area contributed by atoms with Crippen LogP contribution in [0.3, 0.4) is 0 Å². The quantitative estimate of drug-likeness (QED) is 0.503. The van der Waals surface area contributed by atoms with Crippen LogP contribution in [0.25, 0.3) is 11.3 Å². The van der Waals surface area contributed by atoms with Gasteiger partial charge in [0.1, 0.15) is 16.5 Å². The van der Waals surface area contributed by atoms with Crippen LogP contribution in [-0.2, 0) is 10.0 Å². The lowest BCUT2D eigenvalue weighted by Crippen LogP contribution is -2.48. The van der Waals surface area contributed by atoms with Gasteiger partial charge in [-0.3, -0.25) is 0 Å². The van der Waals surface area contributed by atoms with E-state index in [1.165, 1.54) is 34.9 Å². The van der Waals surface area contributed by atoms with Crippen LogP contribution >= 0.6 is 34.5 Å². The molecule has 1 aliphatic heterocycles. The minimum Gasteiger partial charge on any atom is -0.495 e. The van der Waals surface area contributed by atoms with Crippen LogP contribution < -0.4 is 9.64 Å². The molecule has 0 spiro atoms. The molecule has 0 N–H and O–H groups in total. The van der Waals surface area contributed by atoms with Gasteiger partial charge in [0.05, 0.1) is 17.8 Å². The Morgan fingerprint density at radius 1 is 1.10 bits per heavy atom. The third-order valence-corrected chi connectivity index (χ3v) is 8.31. The Bertz CT molecular complexity index is 1210. The molecular formula is C20H18Cl2FN3O3S2. The Hall–Kier alpha value is -1.91. The van der Waals surface area contributed by atoms with E-state index in [4.69, 9.17) is 27.9 Å². The van der Waals surface area contributed by atoms with Gasteiger partial charge in [-0.25, -0.2) is 17.8 Å². The molecule has 1 fully saturated rings. The summed E-state index contributed by atoms with van der Waals surface area (Å²) in [5, 5.41) is 3.02. The number of halogens is 3. The van der Waals surface area contributed by atoms with Crippen molar-refractivity contribution in [1.82, 2.24) is 9.29 Å². The number of rotatable bonds is 5. The van der Waals surface area contributed by atoms with Gasteiger partial charge in [-0.2, -0.15) is 4.31 Å². The van der Waals surface area contributed by atoms with Crippen molar-refractivity contribution in [2.24, 2.45) is 0 Å². The topological polar surface area (TPSA) is 62.7 Å². The van der Waals surface area contributed by atoms with Gasteiger partial charge < -0.3 is 9.64 Å². The van der Waals surface area contributed by atoms with Crippen molar-refractivity contribution >= 4 is 49.7 Å². The van der Waals surface area contributed by atoms with Crippen molar-refractivity contribution in [2.75, 3.05) is 38.2 Å². The molecule has 0 saturated carbocycles. The summed E-state index contributed by atoms with van der Waals surface area (Å²) in [4.78, 5) is 6.70. The molecule has 0 amide bonds. The molecule has 11 heteroatoms. The van der Waals surface area contributed by atoms with Crippen LogP contribution in [-0.4, -0.2) is 51.0 Å². The van der Waals surface area contributed by atoms with Crippen molar-refractivity contribution in [3.63, 3.8) is 0 Å². The second-order valence-electron chi connectivity index (χ2n) is 6.83. The van der Waals surface area contributed by atoms with E-state index in [0.717, 1.165) is 10.7 Å². The number of benzene rings is 2. The molecule has 31 heavy (non-hydrogen) atoms. The van der Waals surface area contributed by atoms with Gasteiger partial charge in [0.2, 0.25) is 10.0 Å². The molecule has 4 rings (SSSR count). The number of thiazole rings is 1. The number of ether oxygens (including phenoxy) is 1. The second kappa shape index (κ2) is 8.91. The lowest BCUT2D eigenvalue weighted by atomic mass is 10.2. The highest BCUT2D eigenvalue weighted by molar-refractivity contribution is 7.89. The smallest absolute Gasteiger partial charge is 0.246 e. The standard InChI is InChI=1S/C20H18Cl2FN3O3S2/c1-29-18-5-3-14(21)11-19(18)31(27,28)26-8-6-25(7-9-26)20-24-17(12-30-20)13-2-4-16(23)15(22)10-13/h2-5,10-12H,6-9H2,1H3. The molecule has 1 saturated heterocycles. The Morgan fingerprint density at radius 2 is 1.84 bits per heavy atom. The molecule has 1 aliphatic rings. The van der Waals surface area contributed by atoms with Crippen LogP contribution in [0.15, 0.2) is 46.7 Å². The van der Waals surface area contributed by atoms with Crippen LogP contribution in [0, 0.1) is 5.82 Å². The lowest BCUT2D eigenvalue weighted by Gasteiger charge is -2.34. The van der Waals surface area contributed by atoms with Crippen LogP contribution in [0.5, 0.6) is 5.75 Å². The molecule has 3 aromatic rings. The number of nitrogens with zero attached hydrogens (tertiary/aromatic N) is 3. The monoisotopic (exact) mass is 501 g/mol. The van der Waals surface area contributed by atoms with E-state index in [1.807, 2.05) is 10.3 Å². The molecule has 2 aromatic carbocycles. The summed E-state index contributed by atoms with van der Waals surface area (Å²) in [6.45, 7) is 1.57. The molecule has 0 radical (unpaired) electrons. The predicted octanol–water partition coefficient (Wildman–Crippen LogP) is 4.78. The van der Waals surface area contributed by atoms with Crippen molar-refractivity contribution in [3.05, 3.63) is 57.6 Å². The van der Waals surface area contributed by atoms with E-state index >= 15 is 0 Å². The van der Waals surface area contributed by atoms with Gasteiger partial charge in [-0.15, -0.1) is 11.3 Å². The molecule has 6 nitrogen and oxygen atoms in total. The van der Waals surface area contributed by atoms with Crippen molar-refractivity contribution in [1.29, 1.82) is 0 Å². The summed E-state index contributed by atoms with van der Waals surface area (Å²) in [5.74, 6) is -0.219. The van der Waals surface area contributed by atoms with E-state index in [9.17, 15) is 12.8 Å². The first kappa shape index (κ1) is 22.3. The van der Waals surface area contributed by atoms with Crippen molar-refractivity contribution in [3.8, 4) is 17.0 Å². The molecule has 1 aromatic heterocycles. The zero-order valence-corrected chi connectivity index (χ0v) is 19.5. The average Bonchev–Trinajstić information content (AvgIpc) is 3.26. The van der Waals surface area contributed by atoms with Gasteiger partial charge in [-0.05, 0) is 36.4 Å². The first-order valence-corrected chi connectivity index (χ1v) is 12.4. The third-order valence-electron chi connectivity index (χ3n) is 4.96. The zero-order chi connectivity index (χ0) is 22.2. The van der Waals surface area contributed by atoms with Crippen LogP contribution in [0.4, 0.5) is 9.52 Å². The SMILES string of the molecule is COc1ccc(Cl)cc1S(=O)(=O)N1CCN(c2nc(-c3ccc(F)c(Cl)c3)cs2)CC1. The van der Waals surface area contributed by atoms with Gasteiger partial charge in [-0.1, -0.05) is 23.2 Å². The first-order valence-electron chi connectivity index (χ1n) is 9.29. The number of piperazine rings is 1. The van der Waals surface area contributed by atoms with E-state index in [0.29, 0.717) is 36.9 Å². The van der Waals surface area contributed by atoms with Crippen LogP contribution in [0.2, 0.25) is 10.0 Å². The largest absolute Gasteiger partial charge is 0.495 e. The number of sulfonamides is 1. The maximum Gasteiger partial charge on any atom is 0.246 e. The van der Waals surface area contributed by atoms with E-state index in [-0.39, 0.29) is 15.7 Å². The first-order chi connectivity index (χ1) is 14.8. The number of anilines is 1. The molecule has 0 aliphatic carbocycles. The van der Waals surface area contributed by atoms with Crippen LogP contribution in [0.1, 0.15) is 0 Å². The van der Waals surface area contributed by atoms with Gasteiger partial charge in [0.15, 0.2) is 5.13 Å².